The minimum Gasteiger partial charge on any atom is -0.387 e. The van der Waals surface area contributed by atoms with Crippen molar-refractivity contribution in [2.45, 2.75) is 25.4 Å². The van der Waals surface area contributed by atoms with Crippen LogP contribution in [0.4, 0.5) is 18.9 Å². The van der Waals surface area contributed by atoms with Crippen molar-refractivity contribution in [2.24, 2.45) is 0 Å². The molecule has 0 spiro atoms. The zero-order chi connectivity index (χ0) is 26.2. The van der Waals surface area contributed by atoms with E-state index in [1.54, 1.807) is 0 Å². The van der Waals surface area contributed by atoms with Gasteiger partial charge in [0.15, 0.2) is 11.6 Å². The van der Waals surface area contributed by atoms with E-state index in [2.05, 4.69) is 20.6 Å². The van der Waals surface area contributed by atoms with Crippen molar-refractivity contribution < 1.29 is 23.1 Å². The summed E-state index contributed by atoms with van der Waals surface area (Å²) in [5, 5.41) is 16.2. The van der Waals surface area contributed by atoms with Gasteiger partial charge in [0.2, 0.25) is 5.91 Å². The van der Waals surface area contributed by atoms with Crippen molar-refractivity contribution in [1.29, 1.82) is 0 Å². The second-order valence-corrected chi connectivity index (χ2v) is 8.69. The van der Waals surface area contributed by atoms with Crippen LogP contribution in [0.1, 0.15) is 34.3 Å². The van der Waals surface area contributed by atoms with E-state index in [1.165, 1.54) is 6.20 Å². The molecule has 0 radical (unpaired) electrons. The van der Waals surface area contributed by atoms with E-state index >= 15 is 0 Å². The molecule has 0 saturated heterocycles. The van der Waals surface area contributed by atoms with Crippen LogP contribution in [-0.4, -0.2) is 34.1 Å². The number of aliphatic hydroxyl groups is 1. The van der Waals surface area contributed by atoms with Gasteiger partial charge in [-0.05, 0) is 47.9 Å². The van der Waals surface area contributed by atoms with Gasteiger partial charge in [0.25, 0.3) is 0 Å². The second-order valence-electron chi connectivity index (χ2n) is 8.69. The molecule has 1 heterocycles. The highest BCUT2D eigenvalue weighted by molar-refractivity contribution is 5.91. The van der Waals surface area contributed by atoms with Crippen LogP contribution >= 0.6 is 24.8 Å². The lowest BCUT2D eigenvalue weighted by atomic mass is 10.1. The topological polar surface area (TPSA) is 90.0 Å². The molecule has 0 saturated carbocycles. The molecule has 39 heavy (non-hydrogen) atoms. The highest BCUT2D eigenvalue weighted by Crippen LogP contribution is 2.17. The molecule has 4 rings (SSSR count). The van der Waals surface area contributed by atoms with Crippen LogP contribution in [0.25, 0.3) is 0 Å². The fourth-order valence-corrected chi connectivity index (χ4v) is 3.87. The maximum Gasteiger partial charge on any atom is 0.231 e. The minimum atomic E-state index is -1.24. The van der Waals surface area contributed by atoms with Crippen LogP contribution < -0.4 is 10.6 Å². The van der Waals surface area contributed by atoms with Gasteiger partial charge in [0.05, 0.1) is 12.5 Å². The van der Waals surface area contributed by atoms with Gasteiger partial charge < -0.3 is 20.7 Å². The number of amides is 1. The number of rotatable bonds is 11. The molecule has 208 valence electrons. The molecule has 0 bridgehead atoms. The first-order valence-corrected chi connectivity index (χ1v) is 11.9. The number of hydrogen-bond donors (Lipinski definition) is 4. The monoisotopic (exact) mass is 580 g/mol. The van der Waals surface area contributed by atoms with E-state index in [4.69, 9.17) is 0 Å². The number of H-pyrrole nitrogens is 1. The number of carbonyl (C=O) groups is 1. The van der Waals surface area contributed by atoms with Gasteiger partial charge in [-0.3, -0.25) is 4.79 Å². The molecule has 0 fully saturated rings. The van der Waals surface area contributed by atoms with Crippen LogP contribution in [0.2, 0.25) is 0 Å². The van der Waals surface area contributed by atoms with E-state index in [0.29, 0.717) is 36.4 Å². The predicted molar refractivity (Wildman–Crippen MR) is 149 cm³/mol. The predicted octanol–water partition coefficient (Wildman–Crippen LogP) is 5.31. The van der Waals surface area contributed by atoms with Crippen LogP contribution in [0, 0.1) is 17.5 Å². The van der Waals surface area contributed by atoms with Gasteiger partial charge in [-0.15, -0.1) is 24.8 Å². The number of aromatic nitrogens is 2. The summed E-state index contributed by atoms with van der Waals surface area (Å²) < 4.78 is 40.4. The fourth-order valence-electron chi connectivity index (χ4n) is 3.87. The number of nitrogens with one attached hydrogen (secondary N) is 3. The SMILES string of the molecule is Cl.Cl.O=C(Cc1ncc(Cc2cc(F)c(F)cc2F)[nH]1)Nc1ccc(CCNC[C@H](O)c2ccccc2)cc1. The summed E-state index contributed by atoms with van der Waals surface area (Å²) in [5.74, 6) is -3.14. The third-order valence-corrected chi connectivity index (χ3v) is 5.83. The van der Waals surface area contributed by atoms with Crippen LogP contribution in [0.15, 0.2) is 72.9 Å². The standard InChI is InChI=1S/C28H27F3N4O2.2ClH/c29-23-14-25(31)24(30)13-20(23)12-22-16-33-27(34-22)15-28(37)35-21-8-6-18(7-9-21)10-11-32-17-26(36)19-4-2-1-3-5-19;;/h1-9,13-14,16,26,32,36H,10-12,15,17H2,(H,33,34)(H,35,37);2*1H/t26-;;/m0../s1. The quantitative estimate of drug-likeness (QED) is 0.143. The smallest absolute Gasteiger partial charge is 0.231 e. The van der Waals surface area contributed by atoms with E-state index in [9.17, 15) is 23.1 Å². The highest BCUT2D eigenvalue weighted by atomic mass is 35.5. The number of nitrogens with zero attached hydrogens (tertiary/aromatic N) is 1. The van der Waals surface area contributed by atoms with Crippen LogP contribution in [-0.2, 0) is 24.1 Å². The third kappa shape index (κ3) is 9.40. The zero-order valence-corrected chi connectivity index (χ0v) is 22.4. The molecular formula is C28H29Cl2F3N4O2. The Hall–Kier alpha value is -3.37. The van der Waals surface area contributed by atoms with Crippen molar-refractivity contribution in [3.05, 3.63) is 119 Å². The normalized spacial score (nSPS) is 11.3. The highest BCUT2D eigenvalue weighted by Gasteiger charge is 2.13. The van der Waals surface area contributed by atoms with Crippen molar-refractivity contribution in [3.63, 3.8) is 0 Å². The zero-order valence-electron chi connectivity index (χ0n) is 20.8. The van der Waals surface area contributed by atoms with Gasteiger partial charge in [0.1, 0.15) is 11.6 Å². The Morgan fingerprint density at radius 2 is 1.64 bits per heavy atom. The number of imidazole rings is 1. The van der Waals surface area contributed by atoms with E-state index in [1.807, 2.05) is 54.6 Å². The summed E-state index contributed by atoms with van der Waals surface area (Å²) in [6, 6.07) is 18.3. The molecule has 0 aliphatic heterocycles. The first-order valence-electron chi connectivity index (χ1n) is 11.9. The van der Waals surface area contributed by atoms with Gasteiger partial charge in [-0.25, -0.2) is 18.2 Å². The molecule has 6 nitrogen and oxygen atoms in total. The van der Waals surface area contributed by atoms with Crippen LogP contribution in [0.5, 0.6) is 0 Å². The number of hydrogen-bond acceptors (Lipinski definition) is 4. The Bertz CT molecular complexity index is 1340. The molecular weight excluding hydrogens is 552 g/mol. The number of aromatic amines is 1. The number of halogens is 5. The fraction of sp³-hybridized carbons (Fsp3) is 0.214. The first kappa shape index (κ1) is 31.8. The van der Waals surface area contributed by atoms with Gasteiger partial charge in [-0.2, -0.15) is 0 Å². The lowest BCUT2D eigenvalue weighted by Crippen LogP contribution is -2.23. The van der Waals surface area contributed by atoms with E-state index < -0.39 is 23.6 Å². The van der Waals surface area contributed by atoms with Crippen molar-refractivity contribution >= 4 is 36.4 Å². The lowest BCUT2D eigenvalue weighted by molar-refractivity contribution is -0.115. The van der Waals surface area contributed by atoms with E-state index in [0.717, 1.165) is 23.6 Å². The summed E-state index contributed by atoms with van der Waals surface area (Å²) in [4.78, 5) is 19.4. The Labute approximate surface area is 236 Å². The Kier molecular flexibility index (Phi) is 12.5. The number of carbonyl (C=O) groups excluding carboxylic acids is 1. The summed E-state index contributed by atoms with van der Waals surface area (Å²) >= 11 is 0. The Balaban J connectivity index is 0.00000267. The molecule has 11 heteroatoms. The van der Waals surface area contributed by atoms with Crippen molar-refractivity contribution in [1.82, 2.24) is 15.3 Å². The maximum atomic E-state index is 13.9. The van der Waals surface area contributed by atoms with Gasteiger partial charge in [0, 0.05) is 36.6 Å². The third-order valence-electron chi connectivity index (χ3n) is 5.83. The van der Waals surface area contributed by atoms with Crippen molar-refractivity contribution in [3.8, 4) is 0 Å². The summed E-state index contributed by atoms with van der Waals surface area (Å²) in [7, 11) is 0. The molecule has 0 aliphatic carbocycles. The maximum absolute atomic E-state index is 13.9. The molecule has 3 aromatic carbocycles. The molecule has 1 aromatic heterocycles. The van der Waals surface area contributed by atoms with Gasteiger partial charge >= 0.3 is 0 Å². The van der Waals surface area contributed by atoms with Crippen LogP contribution in [0.3, 0.4) is 0 Å². The molecule has 0 unspecified atom stereocenters. The largest absolute Gasteiger partial charge is 0.387 e. The average Bonchev–Trinajstić information content (AvgIpc) is 3.33. The Morgan fingerprint density at radius 3 is 2.36 bits per heavy atom. The minimum absolute atomic E-state index is 0. The summed E-state index contributed by atoms with van der Waals surface area (Å²) in [6.07, 6.45) is 1.60. The molecule has 4 N–H and O–H groups in total. The second kappa shape index (κ2) is 15.3. The summed E-state index contributed by atoms with van der Waals surface area (Å²) in [5.41, 5.74) is 3.05. The molecule has 0 aliphatic rings. The number of anilines is 1. The van der Waals surface area contributed by atoms with Gasteiger partial charge in [-0.1, -0.05) is 42.5 Å². The number of aliphatic hydroxyl groups excluding tert-OH is 1. The molecule has 1 atom stereocenters. The molecule has 1 amide bonds. The van der Waals surface area contributed by atoms with Crippen molar-refractivity contribution in [2.75, 3.05) is 18.4 Å². The summed E-state index contributed by atoms with van der Waals surface area (Å²) in [6.45, 7) is 1.16. The van der Waals surface area contributed by atoms with E-state index in [-0.39, 0.29) is 49.1 Å². The lowest BCUT2D eigenvalue weighted by Gasteiger charge is -2.12. The average molecular weight is 581 g/mol. The first-order chi connectivity index (χ1) is 17.9. The number of benzene rings is 3. The molecule has 4 aromatic rings. The Morgan fingerprint density at radius 1 is 0.949 bits per heavy atom.